The van der Waals surface area contributed by atoms with Crippen LogP contribution in [0.5, 0.6) is 11.5 Å². The molecule has 4 rings (SSSR count). The van der Waals surface area contributed by atoms with E-state index in [4.69, 9.17) is 9.47 Å². The molecule has 6 heteroatoms. The van der Waals surface area contributed by atoms with E-state index in [-0.39, 0.29) is 12.4 Å². The topological polar surface area (TPSA) is 66.6 Å². The summed E-state index contributed by atoms with van der Waals surface area (Å²) in [6.07, 6.45) is 0. The molecule has 0 spiro atoms. The third-order valence-corrected chi connectivity index (χ3v) is 5.22. The summed E-state index contributed by atoms with van der Waals surface area (Å²) in [5.41, 5.74) is 4.73. The van der Waals surface area contributed by atoms with Crippen molar-refractivity contribution in [3.8, 4) is 11.5 Å². The van der Waals surface area contributed by atoms with Gasteiger partial charge in [-0.1, -0.05) is 0 Å². The number of anilines is 2. The van der Waals surface area contributed by atoms with Crippen LogP contribution in [-0.4, -0.2) is 24.9 Å². The first-order valence-corrected chi connectivity index (χ1v) is 9.64. The number of ether oxygens (including phenoxy) is 2. The van der Waals surface area contributed by atoms with Crippen molar-refractivity contribution in [1.29, 1.82) is 0 Å². The maximum Gasteiger partial charge on any atom is 0.253 e. The van der Waals surface area contributed by atoms with Crippen LogP contribution in [-0.2, 0) is 6.54 Å². The number of H-pyrrole nitrogens is 1. The van der Waals surface area contributed by atoms with Gasteiger partial charge >= 0.3 is 0 Å². The summed E-state index contributed by atoms with van der Waals surface area (Å²) in [4.78, 5) is 17.7. The molecule has 0 saturated carbocycles. The number of aromatic amines is 1. The second-order valence-electron chi connectivity index (χ2n) is 6.94. The molecule has 2 N–H and O–H groups in total. The largest absolute Gasteiger partial charge is 0.454 e. The maximum absolute atomic E-state index is 12.5. The second-order valence-corrected chi connectivity index (χ2v) is 6.94. The van der Waals surface area contributed by atoms with Gasteiger partial charge in [0.05, 0.1) is 5.52 Å². The van der Waals surface area contributed by atoms with E-state index in [9.17, 15) is 4.79 Å². The first-order chi connectivity index (χ1) is 13.6. The Hall–Kier alpha value is -3.15. The Bertz CT molecular complexity index is 1070. The van der Waals surface area contributed by atoms with Gasteiger partial charge in [0.15, 0.2) is 11.5 Å². The van der Waals surface area contributed by atoms with Crippen LogP contribution in [0.3, 0.4) is 0 Å². The van der Waals surface area contributed by atoms with Crippen LogP contribution in [0, 0.1) is 6.92 Å². The fraction of sp³-hybridized carbons (Fsp3) is 0.318. The van der Waals surface area contributed by atoms with Crippen LogP contribution in [0.25, 0.3) is 10.9 Å². The molecule has 1 aliphatic rings. The van der Waals surface area contributed by atoms with Crippen LogP contribution in [0.2, 0.25) is 0 Å². The monoisotopic (exact) mass is 379 g/mol. The Kier molecular flexibility index (Phi) is 4.86. The Labute approximate surface area is 164 Å². The number of fused-ring (bicyclic) bond motifs is 2. The summed E-state index contributed by atoms with van der Waals surface area (Å²) >= 11 is 0. The number of hydrogen-bond donors (Lipinski definition) is 2. The van der Waals surface area contributed by atoms with Crippen molar-refractivity contribution < 1.29 is 9.47 Å². The van der Waals surface area contributed by atoms with Crippen molar-refractivity contribution in [3.63, 3.8) is 0 Å². The minimum atomic E-state index is -0.101. The van der Waals surface area contributed by atoms with E-state index in [1.54, 1.807) is 0 Å². The third kappa shape index (κ3) is 3.38. The van der Waals surface area contributed by atoms with Crippen LogP contribution < -0.4 is 25.2 Å². The van der Waals surface area contributed by atoms with Gasteiger partial charge in [-0.25, -0.2) is 0 Å². The van der Waals surface area contributed by atoms with Crippen molar-refractivity contribution in [2.75, 3.05) is 30.1 Å². The van der Waals surface area contributed by atoms with E-state index >= 15 is 0 Å². The molecule has 0 saturated heterocycles. The van der Waals surface area contributed by atoms with E-state index in [2.05, 4.69) is 54.2 Å². The van der Waals surface area contributed by atoms with E-state index < -0.39 is 0 Å². The molecule has 0 atom stereocenters. The van der Waals surface area contributed by atoms with Crippen LogP contribution in [0.1, 0.15) is 25.0 Å². The lowest BCUT2D eigenvalue weighted by atomic mass is 10.1. The number of nitrogens with one attached hydrogen (secondary N) is 2. The number of aromatic nitrogens is 1. The highest BCUT2D eigenvalue weighted by Crippen LogP contribution is 2.35. The van der Waals surface area contributed by atoms with Gasteiger partial charge in [0.1, 0.15) is 0 Å². The molecule has 0 fully saturated rings. The Balaban J connectivity index is 1.56. The normalized spacial score (nSPS) is 12.4. The number of benzene rings is 2. The Morgan fingerprint density at radius 3 is 2.54 bits per heavy atom. The first-order valence-electron chi connectivity index (χ1n) is 9.64. The summed E-state index contributed by atoms with van der Waals surface area (Å²) in [7, 11) is 0. The minimum Gasteiger partial charge on any atom is -0.454 e. The number of rotatable bonds is 6. The van der Waals surface area contributed by atoms with Crippen molar-refractivity contribution in [2.45, 2.75) is 27.3 Å². The second kappa shape index (κ2) is 7.46. The zero-order valence-electron chi connectivity index (χ0n) is 16.5. The predicted molar refractivity (Wildman–Crippen MR) is 113 cm³/mol. The molecule has 146 valence electrons. The zero-order valence-corrected chi connectivity index (χ0v) is 16.5. The highest BCUT2D eigenvalue weighted by molar-refractivity contribution is 5.83. The van der Waals surface area contributed by atoms with Gasteiger partial charge in [0.2, 0.25) is 6.79 Å². The minimum absolute atomic E-state index is 0.101. The molecule has 0 amide bonds. The lowest BCUT2D eigenvalue weighted by molar-refractivity contribution is 0.174. The van der Waals surface area contributed by atoms with Gasteiger partial charge in [-0.05, 0) is 56.7 Å². The quantitative estimate of drug-likeness (QED) is 0.677. The SMILES string of the molecule is CCN(CC)c1ccc(NCc2cc3cc4c(cc3[nH]c2=O)OCO4)c(C)c1. The van der Waals surface area contributed by atoms with Crippen LogP contribution >= 0.6 is 0 Å². The van der Waals surface area contributed by atoms with E-state index in [0.717, 1.165) is 35.2 Å². The summed E-state index contributed by atoms with van der Waals surface area (Å²) < 4.78 is 10.8. The molecule has 2 aromatic carbocycles. The van der Waals surface area contributed by atoms with Gasteiger partial charge in [-0.15, -0.1) is 0 Å². The van der Waals surface area contributed by atoms with E-state index in [0.29, 0.717) is 23.6 Å². The summed E-state index contributed by atoms with van der Waals surface area (Å²) in [6.45, 7) is 9.02. The van der Waals surface area contributed by atoms with Gasteiger partial charge in [-0.3, -0.25) is 4.79 Å². The molecule has 1 aliphatic heterocycles. The molecular weight excluding hydrogens is 354 g/mol. The number of hydrogen-bond acceptors (Lipinski definition) is 5. The molecule has 3 aromatic rings. The lowest BCUT2D eigenvalue weighted by Crippen LogP contribution is -2.22. The molecule has 0 unspecified atom stereocenters. The molecule has 0 aliphatic carbocycles. The van der Waals surface area contributed by atoms with Crippen molar-refractivity contribution in [2.24, 2.45) is 0 Å². The Morgan fingerprint density at radius 2 is 1.82 bits per heavy atom. The van der Waals surface area contributed by atoms with Crippen molar-refractivity contribution in [3.05, 3.63) is 57.9 Å². The molecule has 0 radical (unpaired) electrons. The summed E-state index contributed by atoms with van der Waals surface area (Å²) in [5, 5.41) is 4.32. The zero-order chi connectivity index (χ0) is 19.7. The Morgan fingerprint density at radius 1 is 1.07 bits per heavy atom. The highest BCUT2D eigenvalue weighted by Gasteiger charge is 2.15. The fourth-order valence-corrected chi connectivity index (χ4v) is 3.59. The molecule has 1 aromatic heterocycles. The van der Waals surface area contributed by atoms with Crippen molar-refractivity contribution in [1.82, 2.24) is 4.98 Å². The highest BCUT2D eigenvalue weighted by atomic mass is 16.7. The smallest absolute Gasteiger partial charge is 0.253 e. The van der Waals surface area contributed by atoms with Crippen molar-refractivity contribution >= 4 is 22.3 Å². The van der Waals surface area contributed by atoms with Gasteiger partial charge in [0.25, 0.3) is 5.56 Å². The van der Waals surface area contributed by atoms with Gasteiger partial charge in [-0.2, -0.15) is 0 Å². The van der Waals surface area contributed by atoms with Gasteiger partial charge in [0, 0.05) is 48.0 Å². The molecule has 28 heavy (non-hydrogen) atoms. The van der Waals surface area contributed by atoms with Crippen LogP contribution in [0.15, 0.2) is 41.2 Å². The number of pyridine rings is 1. The standard InChI is InChI=1S/C22H25N3O3/c1-4-25(5-2)17-6-7-18(14(3)8-17)23-12-16-9-15-10-20-21(28-13-27-20)11-19(15)24-22(16)26/h6-11,23H,4-5,12-13H2,1-3H3,(H,24,26). The summed E-state index contributed by atoms with van der Waals surface area (Å²) in [6, 6.07) is 12.0. The lowest BCUT2D eigenvalue weighted by Gasteiger charge is -2.22. The first kappa shape index (κ1) is 18.2. The van der Waals surface area contributed by atoms with Crippen LogP contribution in [0.4, 0.5) is 11.4 Å². The number of nitrogens with zero attached hydrogens (tertiary/aromatic N) is 1. The molecule has 6 nitrogen and oxygen atoms in total. The molecule has 2 heterocycles. The maximum atomic E-state index is 12.5. The average molecular weight is 379 g/mol. The number of aryl methyl sites for hydroxylation is 1. The van der Waals surface area contributed by atoms with E-state index in [1.165, 1.54) is 5.69 Å². The van der Waals surface area contributed by atoms with Gasteiger partial charge < -0.3 is 24.7 Å². The summed E-state index contributed by atoms with van der Waals surface area (Å²) in [5.74, 6) is 1.37. The predicted octanol–water partition coefficient (Wildman–Crippen LogP) is 4.02. The molecule has 0 bridgehead atoms. The average Bonchev–Trinajstić information content (AvgIpc) is 3.14. The third-order valence-electron chi connectivity index (χ3n) is 5.22. The van der Waals surface area contributed by atoms with E-state index in [1.807, 2.05) is 18.2 Å². The molecular formula is C22H25N3O3. The fourth-order valence-electron chi connectivity index (χ4n) is 3.59.